The summed E-state index contributed by atoms with van der Waals surface area (Å²) in [6.07, 6.45) is 0.753. The van der Waals surface area contributed by atoms with Gasteiger partial charge in [0.2, 0.25) is 0 Å². The second-order valence-electron chi connectivity index (χ2n) is 4.66. The molecule has 2 rings (SSSR count). The fraction of sp³-hybridized carbons (Fsp3) is 0.417. The normalized spacial score (nSPS) is 16.7. The van der Waals surface area contributed by atoms with Crippen LogP contribution >= 0.6 is 0 Å². The highest BCUT2D eigenvalue weighted by molar-refractivity contribution is 7.89. The van der Waals surface area contributed by atoms with E-state index in [1.165, 1.54) is 0 Å². The molecule has 0 spiro atoms. The Labute approximate surface area is 108 Å². The fourth-order valence-corrected chi connectivity index (χ4v) is 2.56. The number of hydrogen-bond acceptors (Lipinski definition) is 3. The van der Waals surface area contributed by atoms with Crippen molar-refractivity contribution in [1.29, 1.82) is 0 Å². The summed E-state index contributed by atoms with van der Waals surface area (Å²) in [7, 11) is 0. The van der Waals surface area contributed by atoms with E-state index in [0.29, 0.717) is 0 Å². The zero-order valence-electron chi connectivity index (χ0n) is 10.4. The minimum Gasteiger partial charge on any atom is -0.598 e. The molecular weight excluding hydrogens is 250 g/mol. The summed E-state index contributed by atoms with van der Waals surface area (Å²) in [5.74, 6) is 0.246. The summed E-state index contributed by atoms with van der Waals surface area (Å²) in [5, 5.41) is 5.34. The van der Waals surface area contributed by atoms with Crippen LogP contribution in [0.1, 0.15) is 31.7 Å². The van der Waals surface area contributed by atoms with Crippen molar-refractivity contribution in [2.24, 2.45) is 5.14 Å². The molecule has 0 saturated carbocycles. The largest absolute Gasteiger partial charge is 0.598 e. The van der Waals surface area contributed by atoms with Gasteiger partial charge in [-0.3, -0.25) is 0 Å². The SMILES string of the molecule is CC(CC(C)[S+](N)[O-])c1ccc2[nH]c(=O)[nH]c2c1. The van der Waals surface area contributed by atoms with Gasteiger partial charge in [0.15, 0.2) is 0 Å². The highest BCUT2D eigenvalue weighted by Crippen LogP contribution is 2.24. The Bertz CT molecular complexity index is 590. The standard InChI is InChI=1S/C12H17N3O2S/c1-7(5-8(2)18(13)17)9-3-4-10-11(6-9)15-12(16)14-10/h3-4,6-8H,5,13H2,1-2H3,(H2,14,15,16). The summed E-state index contributed by atoms with van der Waals surface area (Å²) >= 11 is -1.29. The molecule has 4 N–H and O–H groups in total. The maximum atomic E-state index is 11.2. The average molecular weight is 267 g/mol. The summed E-state index contributed by atoms with van der Waals surface area (Å²) in [6, 6.07) is 5.80. The molecule has 0 fully saturated rings. The molecule has 98 valence electrons. The van der Waals surface area contributed by atoms with Crippen LogP contribution in [0.15, 0.2) is 23.0 Å². The number of fused-ring (bicyclic) bond motifs is 1. The molecular formula is C12H17N3O2S. The fourth-order valence-electron chi connectivity index (χ4n) is 2.09. The van der Waals surface area contributed by atoms with Gasteiger partial charge >= 0.3 is 5.69 Å². The molecule has 0 amide bonds. The topological polar surface area (TPSA) is 97.7 Å². The van der Waals surface area contributed by atoms with E-state index in [1.807, 2.05) is 25.1 Å². The lowest BCUT2D eigenvalue weighted by Crippen LogP contribution is -2.27. The zero-order valence-corrected chi connectivity index (χ0v) is 11.2. The van der Waals surface area contributed by atoms with E-state index in [9.17, 15) is 9.35 Å². The molecule has 18 heavy (non-hydrogen) atoms. The van der Waals surface area contributed by atoms with Crippen molar-refractivity contribution in [2.45, 2.75) is 31.4 Å². The van der Waals surface area contributed by atoms with E-state index >= 15 is 0 Å². The third-order valence-corrected chi connectivity index (χ3v) is 4.18. The Kier molecular flexibility index (Phi) is 3.79. The van der Waals surface area contributed by atoms with Gasteiger partial charge in [-0.1, -0.05) is 13.0 Å². The predicted molar refractivity (Wildman–Crippen MR) is 73.7 cm³/mol. The van der Waals surface area contributed by atoms with Crippen LogP contribution in [-0.2, 0) is 11.4 Å². The molecule has 6 heteroatoms. The van der Waals surface area contributed by atoms with Crippen molar-refractivity contribution in [3.8, 4) is 0 Å². The van der Waals surface area contributed by atoms with Gasteiger partial charge in [-0.05, 0) is 30.5 Å². The van der Waals surface area contributed by atoms with Gasteiger partial charge in [-0.25, -0.2) is 4.79 Å². The van der Waals surface area contributed by atoms with Gasteiger partial charge in [0.1, 0.15) is 5.25 Å². The maximum absolute atomic E-state index is 11.2. The van der Waals surface area contributed by atoms with Crippen molar-refractivity contribution in [3.63, 3.8) is 0 Å². The lowest BCUT2D eigenvalue weighted by Gasteiger charge is -2.17. The third-order valence-electron chi connectivity index (χ3n) is 3.19. The number of aromatic amines is 2. The molecule has 1 heterocycles. The first kappa shape index (κ1) is 13.2. The van der Waals surface area contributed by atoms with Crippen LogP contribution in [0.25, 0.3) is 11.0 Å². The molecule has 2 aromatic rings. The number of aromatic nitrogens is 2. The number of imidazole rings is 1. The van der Waals surface area contributed by atoms with Crippen molar-refractivity contribution in [1.82, 2.24) is 9.97 Å². The molecule has 0 aliphatic rings. The molecule has 0 bridgehead atoms. The van der Waals surface area contributed by atoms with Gasteiger partial charge in [0.05, 0.1) is 11.0 Å². The Balaban J connectivity index is 2.22. The van der Waals surface area contributed by atoms with Crippen LogP contribution in [0.3, 0.4) is 0 Å². The van der Waals surface area contributed by atoms with E-state index in [-0.39, 0.29) is 16.9 Å². The van der Waals surface area contributed by atoms with Gasteiger partial charge in [0.25, 0.3) is 0 Å². The lowest BCUT2D eigenvalue weighted by molar-refractivity contribution is 0.566. The molecule has 3 unspecified atom stereocenters. The zero-order chi connectivity index (χ0) is 13.3. The molecule has 0 aliphatic heterocycles. The lowest BCUT2D eigenvalue weighted by atomic mass is 9.96. The molecule has 3 atom stereocenters. The number of nitrogens with two attached hydrogens (primary N) is 1. The average Bonchev–Trinajstić information content (AvgIpc) is 2.67. The van der Waals surface area contributed by atoms with Crippen LogP contribution in [0.5, 0.6) is 0 Å². The van der Waals surface area contributed by atoms with E-state index < -0.39 is 11.4 Å². The monoisotopic (exact) mass is 267 g/mol. The number of benzene rings is 1. The van der Waals surface area contributed by atoms with Crippen LogP contribution in [0, 0.1) is 0 Å². The minimum atomic E-state index is -1.29. The number of rotatable bonds is 4. The molecule has 0 radical (unpaired) electrons. The van der Waals surface area contributed by atoms with Gasteiger partial charge in [-0.15, -0.1) is 0 Å². The quantitative estimate of drug-likeness (QED) is 0.729. The number of H-pyrrole nitrogens is 2. The van der Waals surface area contributed by atoms with E-state index in [0.717, 1.165) is 23.0 Å². The summed E-state index contributed by atoms with van der Waals surface area (Å²) in [4.78, 5) is 16.6. The first-order chi connectivity index (χ1) is 8.47. The third kappa shape index (κ3) is 2.77. The minimum absolute atomic E-state index is 0.0408. The van der Waals surface area contributed by atoms with Crippen molar-refractivity contribution < 1.29 is 4.55 Å². The van der Waals surface area contributed by atoms with Crippen LogP contribution < -0.4 is 10.8 Å². The van der Waals surface area contributed by atoms with Crippen LogP contribution in [0.4, 0.5) is 0 Å². The maximum Gasteiger partial charge on any atom is 0.323 e. The molecule has 1 aromatic carbocycles. The van der Waals surface area contributed by atoms with E-state index in [1.54, 1.807) is 0 Å². The van der Waals surface area contributed by atoms with Gasteiger partial charge < -0.3 is 14.5 Å². The van der Waals surface area contributed by atoms with Crippen LogP contribution in [-0.4, -0.2) is 19.8 Å². The summed E-state index contributed by atoms with van der Waals surface area (Å²) in [6.45, 7) is 3.94. The highest BCUT2D eigenvalue weighted by Gasteiger charge is 2.18. The van der Waals surface area contributed by atoms with Crippen molar-refractivity contribution in [2.75, 3.05) is 0 Å². The molecule has 0 aliphatic carbocycles. The Hall–Kier alpha value is -1.24. The predicted octanol–water partition coefficient (Wildman–Crippen LogP) is 1.36. The smallest absolute Gasteiger partial charge is 0.323 e. The second kappa shape index (κ2) is 5.17. The first-order valence-electron chi connectivity index (χ1n) is 5.84. The van der Waals surface area contributed by atoms with Gasteiger partial charge in [0, 0.05) is 17.8 Å². The van der Waals surface area contributed by atoms with Gasteiger partial charge in [-0.2, -0.15) is 5.14 Å². The van der Waals surface area contributed by atoms with Crippen LogP contribution in [0.2, 0.25) is 0 Å². The Morgan fingerprint density at radius 2 is 2.00 bits per heavy atom. The molecule has 0 saturated heterocycles. The number of nitrogens with one attached hydrogen (secondary N) is 2. The Morgan fingerprint density at radius 3 is 2.67 bits per heavy atom. The van der Waals surface area contributed by atoms with E-state index in [4.69, 9.17) is 5.14 Å². The molecule has 1 aromatic heterocycles. The van der Waals surface area contributed by atoms with E-state index in [2.05, 4.69) is 16.9 Å². The van der Waals surface area contributed by atoms with Crippen molar-refractivity contribution >= 4 is 22.4 Å². The molecule has 5 nitrogen and oxygen atoms in total. The summed E-state index contributed by atoms with van der Waals surface area (Å²) in [5.41, 5.74) is 2.50. The Morgan fingerprint density at radius 1 is 1.33 bits per heavy atom. The van der Waals surface area contributed by atoms with Crippen molar-refractivity contribution in [3.05, 3.63) is 34.2 Å². The summed E-state index contributed by atoms with van der Waals surface area (Å²) < 4.78 is 11.2. The second-order valence-corrected chi connectivity index (χ2v) is 6.12. The highest BCUT2D eigenvalue weighted by atomic mass is 32.2. The number of hydrogen-bond donors (Lipinski definition) is 3. The first-order valence-corrected chi connectivity index (χ1v) is 7.12.